The fourth-order valence-electron chi connectivity index (χ4n) is 4.50. The van der Waals surface area contributed by atoms with Gasteiger partial charge >= 0.3 is 0 Å². The highest BCUT2D eigenvalue weighted by atomic mass is 16.2. The van der Waals surface area contributed by atoms with Crippen molar-refractivity contribution >= 4 is 11.7 Å². The Morgan fingerprint density at radius 3 is 2.88 bits per heavy atom. The maximum atomic E-state index is 11.7. The van der Waals surface area contributed by atoms with E-state index in [-0.39, 0.29) is 11.9 Å². The van der Waals surface area contributed by atoms with Gasteiger partial charge in [0.1, 0.15) is 5.82 Å². The Hall–Kier alpha value is -2.43. The molecule has 5 nitrogen and oxygen atoms in total. The fourth-order valence-corrected chi connectivity index (χ4v) is 4.50. The molecular formula is C20H22N4O. The third kappa shape index (κ3) is 2.58. The van der Waals surface area contributed by atoms with E-state index in [1.54, 1.807) is 0 Å². The highest BCUT2D eigenvalue weighted by molar-refractivity contribution is 5.79. The summed E-state index contributed by atoms with van der Waals surface area (Å²) in [5, 5.41) is 3.15. The van der Waals surface area contributed by atoms with Gasteiger partial charge in [0.25, 0.3) is 0 Å². The Bertz CT molecular complexity index is 820. The van der Waals surface area contributed by atoms with E-state index >= 15 is 0 Å². The van der Waals surface area contributed by atoms with Crippen LogP contribution in [0.1, 0.15) is 30.5 Å². The average molecular weight is 334 g/mol. The summed E-state index contributed by atoms with van der Waals surface area (Å²) in [6.45, 7) is 1.85. The lowest BCUT2D eigenvalue weighted by molar-refractivity contribution is -0.119. The monoisotopic (exact) mass is 334 g/mol. The molecule has 0 spiro atoms. The molecule has 2 saturated heterocycles. The van der Waals surface area contributed by atoms with Crippen molar-refractivity contribution in [2.75, 3.05) is 18.0 Å². The molecule has 2 aromatic rings. The first-order valence-corrected chi connectivity index (χ1v) is 9.27. The number of rotatable bonds is 2. The molecule has 2 fully saturated rings. The summed E-state index contributed by atoms with van der Waals surface area (Å²) in [5.41, 5.74) is 3.60. The summed E-state index contributed by atoms with van der Waals surface area (Å²) < 4.78 is 0. The first-order valence-electron chi connectivity index (χ1n) is 9.27. The zero-order valence-electron chi connectivity index (χ0n) is 14.2. The average Bonchev–Trinajstić information content (AvgIpc) is 3.26. The smallest absolute Gasteiger partial charge is 0.220 e. The first-order chi connectivity index (χ1) is 12.3. The van der Waals surface area contributed by atoms with E-state index in [0.717, 1.165) is 56.0 Å². The molecule has 0 saturated carbocycles. The topological polar surface area (TPSA) is 58.1 Å². The molecule has 2 atom stereocenters. The minimum Gasteiger partial charge on any atom is -0.354 e. The Morgan fingerprint density at radius 2 is 2.00 bits per heavy atom. The summed E-state index contributed by atoms with van der Waals surface area (Å²) in [4.78, 5) is 23.9. The van der Waals surface area contributed by atoms with Crippen LogP contribution in [0, 0.1) is 5.92 Å². The number of anilines is 1. The zero-order chi connectivity index (χ0) is 16.8. The number of aromatic nitrogens is 2. The van der Waals surface area contributed by atoms with Crippen molar-refractivity contribution in [1.82, 2.24) is 15.3 Å². The van der Waals surface area contributed by atoms with Gasteiger partial charge in [0.2, 0.25) is 5.91 Å². The maximum Gasteiger partial charge on any atom is 0.220 e. The number of hydrogen-bond acceptors (Lipinski definition) is 4. The van der Waals surface area contributed by atoms with E-state index < -0.39 is 0 Å². The number of benzene rings is 1. The maximum absolute atomic E-state index is 11.7. The van der Waals surface area contributed by atoms with Crippen LogP contribution in [0.2, 0.25) is 0 Å². The molecule has 128 valence electrons. The van der Waals surface area contributed by atoms with E-state index in [1.807, 2.05) is 18.2 Å². The molecule has 1 aromatic carbocycles. The van der Waals surface area contributed by atoms with Crippen LogP contribution in [0.4, 0.5) is 5.82 Å². The fraction of sp³-hybridized carbons (Fsp3) is 0.450. The van der Waals surface area contributed by atoms with Gasteiger partial charge in [0, 0.05) is 42.4 Å². The molecular weight excluding hydrogens is 312 g/mol. The Morgan fingerprint density at radius 1 is 1.12 bits per heavy atom. The van der Waals surface area contributed by atoms with Crippen LogP contribution in [0.15, 0.2) is 30.3 Å². The lowest BCUT2D eigenvalue weighted by Gasteiger charge is -2.36. The molecule has 0 unspecified atom stereocenters. The molecule has 1 aromatic heterocycles. The molecule has 3 aliphatic rings. The standard InChI is InChI=1S/C20H22N4O/c25-18-11-14-9-10-24(12-17(14)21-18)20-15-7-4-8-16(15)22-19(23-20)13-5-2-1-3-6-13/h1-3,5-6,14,17H,4,7-12H2,(H,21,25)/t14-,17-/m1/s1. The van der Waals surface area contributed by atoms with Gasteiger partial charge < -0.3 is 10.2 Å². The lowest BCUT2D eigenvalue weighted by atomic mass is 9.92. The second kappa shape index (κ2) is 5.83. The van der Waals surface area contributed by atoms with Crippen molar-refractivity contribution < 1.29 is 4.79 Å². The van der Waals surface area contributed by atoms with E-state index in [2.05, 4.69) is 22.3 Å². The van der Waals surface area contributed by atoms with Crippen LogP contribution < -0.4 is 10.2 Å². The van der Waals surface area contributed by atoms with Crippen LogP contribution in [-0.4, -0.2) is 35.0 Å². The normalized spacial score (nSPS) is 24.8. The predicted octanol–water partition coefficient (Wildman–Crippen LogP) is 2.35. The molecule has 5 rings (SSSR count). The van der Waals surface area contributed by atoms with E-state index in [1.165, 1.54) is 11.3 Å². The summed E-state index contributed by atoms with van der Waals surface area (Å²) >= 11 is 0. The predicted molar refractivity (Wildman–Crippen MR) is 96.4 cm³/mol. The van der Waals surface area contributed by atoms with Gasteiger partial charge in [-0.1, -0.05) is 30.3 Å². The molecule has 0 radical (unpaired) electrons. The van der Waals surface area contributed by atoms with Gasteiger partial charge in [-0.3, -0.25) is 4.79 Å². The minimum absolute atomic E-state index is 0.203. The summed E-state index contributed by atoms with van der Waals surface area (Å²) in [5.74, 6) is 2.62. The summed E-state index contributed by atoms with van der Waals surface area (Å²) in [6, 6.07) is 10.5. The number of carbonyl (C=O) groups excluding carboxylic acids is 1. The van der Waals surface area contributed by atoms with Crippen molar-refractivity contribution in [3.63, 3.8) is 0 Å². The van der Waals surface area contributed by atoms with Crippen LogP contribution in [-0.2, 0) is 17.6 Å². The quantitative estimate of drug-likeness (QED) is 0.916. The van der Waals surface area contributed by atoms with Crippen LogP contribution in [0.3, 0.4) is 0 Å². The third-order valence-corrected chi connectivity index (χ3v) is 5.79. The van der Waals surface area contributed by atoms with Crippen LogP contribution in [0.25, 0.3) is 11.4 Å². The number of carbonyl (C=O) groups is 1. The second-order valence-electron chi connectivity index (χ2n) is 7.39. The van der Waals surface area contributed by atoms with E-state index in [4.69, 9.17) is 9.97 Å². The molecule has 1 aliphatic carbocycles. The van der Waals surface area contributed by atoms with Crippen molar-refractivity contribution in [1.29, 1.82) is 0 Å². The second-order valence-corrected chi connectivity index (χ2v) is 7.39. The number of piperidine rings is 1. The molecule has 25 heavy (non-hydrogen) atoms. The van der Waals surface area contributed by atoms with Crippen molar-refractivity contribution in [3.05, 3.63) is 41.6 Å². The minimum atomic E-state index is 0.203. The van der Waals surface area contributed by atoms with Gasteiger partial charge in [-0.2, -0.15) is 0 Å². The number of nitrogens with one attached hydrogen (secondary N) is 1. The van der Waals surface area contributed by atoms with Crippen LogP contribution in [0.5, 0.6) is 0 Å². The van der Waals surface area contributed by atoms with Crippen LogP contribution >= 0.6 is 0 Å². The Kier molecular flexibility index (Phi) is 3.47. The molecule has 2 aliphatic heterocycles. The number of fused-ring (bicyclic) bond motifs is 2. The summed E-state index contributed by atoms with van der Waals surface area (Å²) in [7, 11) is 0. The molecule has 1 amide bonds. The largest absolute Gasteiger partial charge is 0.354 e. The SMILES string of the molecule is O=C1C[C@H]2CCN(c3nc(-c4ccccc4)nc4c3CCC4)C[C@H]2N1. The summed E-state index contributed by atoms with van der Waals surface area (Å²) in [6.07, 6.45) is 5.02. The Labute approximate surface area is 147 Å². The first kappa shape index (κ1) is 14.9. The van der Waals surface area contributed by atoms with Crippen molar-refractivity contribution in [2.45, 2.75) is 38.1 Å². The highest BCUT2D eigenvalue weighted by Crippen LogP contribution is 2.35. The van der Waals surface area contributed by atoms with Crippen molar-refractivity contribution in [2.24, 2.45) is 5.92 Å². The van der Waals surface area contributed by atoms with Gasteiger partial charge in [-0.15, -0.1) is 0 Å². The molecule has 1 N–H and O–H groups in total. The number of hydrogen-bond donors (Lipinski definition) is 1. The molecule has 3 heterocycles. The van der Waals surface area contributed by atoms with Gasteiger partial charge in [-0.05, 0) is 31.6 Å². The number of nitrogens with zero attached hydrogens (tertiary/aromatic N) is 3. The highest BCUT2D eigenvalue weighted by Gasteiger charge is 2.38. The van der Waals surface area contributed by atoms with Gasteiger partial charge in [0.05, 0.1) is 0 Å². The lowest BCUT2D eigenvalue weighted by Crippen LogP contribution is -2.47. The molecule has 0 bridgehead atoms. The molecule has 5 heteroatoms. The van der Waals surface area contributed by atoms with E-state index in [0.29, 0.717) is 12.3 Å². The number of aryl methyl sites for hydroxylation is 1. The van der Waals surface area contributed by atoms with Gasteiger partial charge in [0.15, 0.2) is 5.82 Å². The zero-order valence-corrected chi connectivity index (χ0v) is 14.2. The Balaban J connectivity index is 1.52. The van der Waals surface area contributed by atoms with E-state index in [9.17, 15) is 4.79 Å². The third-order valence-electron chi connectivity index (χ3n) is 5.79. The van der Waals surface area contributed by atoms with Crippen molar-refractivity contribution in [3.8, 4) is 11.4 Å². The number of amides is 1. The van der Waals surface area contributed by atoms with Gasteiger partial charge in [-0.25, -0.2) is 9.97 Å².